The van der Waals surface area contributed by atoms with Gasteiger partial charge in [0.25, 0.3) is 0 Å². The fourth-order valence-electron chi connectivity index (χ4n) is 2.63. The number of nitrogens with zero attached hydrogens (tertiary/aromatic N) is 2. The van der Waals surface area contributed by atoms with Gasteiger partial charge in [-0.05, 0) is 18.6 Å². The number of rotatable bonds is 4. The second kappa shape index (κ2) is 6.03. The normalized spacial score (nSPS) is 14.8. The number of aryl methyl sites for hydroxylation is 1. The minimum atomic E-state index is -3.60. The number of fused-ring (bicyclic) bond motifs is 1. The molecule has 0 fully saturated rings. The second-order valence-corrected chi connectivity index (χ2v) is 8.12. The lowest BCUT2D eigenvalue weighted by Crippen LogP contribution is -2.27. The average Bonchev–Trinajstić information content (AvgIpc) is 3.10. The molecule has 2 heterocycles. The van der Waals surface area contributed by atoms with Gasteiger partial charge >= 0.3 is 0 Å². The fourth-order valence-corrected chi connectivity index (χ4v) is 4.23. The molecule has 1 aromatic heterocycles. The van der Waals surface area contributed by atoms with Crippen LogP contribution in [0.5, 0.6) is 0 Å². The van der Waals surface area contributed by atoms with Gasteiger partial charge in [-0.15, -0.1) is 0 Å². The zero-order valence-corrected chi connectivity index (χ0v) is 14.6. The fraction of sp³-hybridized carbons (Fsp3) is 0.375. The summed E-state index contributed by atoms with van der Waals surface area (Å²) in [5, 5.41) is 9.66. The predicted molar refractivity (Wildman–Crippen MR) is 89.7 cm³/mol. The number of carbonyl (C=O) groups is 1. The van der Waals surface area contributed by atoms with Crippen LogP contribution in [-0.4, -0.2) is 28.8 Å². The van der Waals surface area contributed by atoms with Gasteiger partial charge in [-0.3, -0.25) is 9.89 Å². The number of sulfonamides is 1. The summed E-state index contributed by atoms with van der Waals surface area (Å²) in [6.45, 7) is 5.76. The van der Waals surface area contributed by atoms with Crippen molar-refractivity contribution in [3.63, 3.8) is 0 Å². The molecule has 1 aromatic carbocycles. The molecule has 8 heteroatoms. The summed E-state index contributed by atoms with van der Waals surface area (Å²) < 4.78 is 27.1. The molecule has 24 heavy (non-hydrogen) atoms. The molecule has 0 saturated heterocycles. The Morgan fingerprint density at radius 2 is 2.00 bits per heavy atom. The molecule has 0 spiro atoms. The van der Waals surface area contributed by atoms with E-state index in [1.54, 1.807) is 39.0 Å². The monoisotopic (exact) mass is 348 g/mol. The molecule has 0 atom stereocenters. The van der Waals surface area contributed by atoms with Crippen LogP contribution in [0.25, 0.3) is 0 Å². The van der Waals surface area contributed by atoms with Crippen molar-refractivity contribution in [1.82, 2.24) is 14.5 Å². The van der Waals surface area contributed by atoms with Gasteiger partial charge in [-0.1, -0.05) is 32.0 Å². The van der Waals surface area contributed by atoms with Gasteiger partial charge in [0.2, 0.25) is 15.9 Å². The molecule has 7 nitrogen and oxygen atoms in total. The molecular formula is C16H20N4O3S. The number of hydrogen-bond acceptors (Lipinski definition) is 4. The minimum absolute atomic E-state index is 0.149. The Morgan fingerprint density at radius 3 is 2.67 bits per heavy atom. The van der Waals surface area contributed by atoms with E-state index in [-0.39, 0.29) is 24.9 Å². The van der Waals surface area contributed by atoms with Crippen LogP contribution in [0, 0.1) is 12.8 Å². The Hall–Kier alpha value is -2.19. The SMILES string of the molecule is Cc1ccccc1S(=O)(=O)N1Cc2[nH]nc(NC(=O)C(C)C)c2C1. The molecule has 2 N–H and O–H groups in total. The Kier molecular flexibility index (Phi) is 4.18. The first-order valence-electron chi connectivity index (χ1n) is 7.73. The summed E-state index contributed by atoms with van der Waals surface area (Å²) in [4.78, 5) is 12.2. The number of amides is 1. The van der Waals surface area contributed by atoms with Crippen molar-refractivity contribution >= 4 is 21.7 Å². The lowest BCUT2D eigenvalue weighted by Gasteiger charge is -2.17. The summed E-state index contributed by atoms with van der Waals surface area (Å²) in [7, 11) is -3.60. The molecule has 1 aliphatic heterocycles. The van der Waals surface area contributed by atoms with Crippen molar-refractivity contribution < 1.29 is 13.2 Å². The zero-order valence-electron chi connectivity index (χ0n) is 13.8. The molecule has 3 rings (SSSR count). The first-order chi connectivity index (χ1) is 11.3. The highest BCUT2D eigenvalue weighted by molar-refractivity contribution is 7.89. The van der Waals surface area contributed by atoms with Crippen LogP contribution < -0.4 is 5.32 Å². The van der Waals surface area contributed by atoms with E-state index in [1.807, 2.05) is 6.07 Å². The van der Waals surface area contributed by atoms with Crippen LogP contribution in [0.4, 0.5) is 5.82 Å². The summed E-state index contributed by atoms with van der Waals surface area (Å²) in [5.41, 5.74) is 2.15. The van der Waals surface area contributed by atoms with E-state index in [9.17, 15) is 13.2 Å². The third-order valence-corrected chi connectivity index (χ3v) is 6.05. The highest BCUT2D eigenvalue weighted by Crippen LogP contribution is 2.32. The summed E-state index contributed by atoms with van der Waals surface area (Å²) in [6, 6.07) is 6.91. The lowest BCUT2D eigenvalue weighted by atomic mass is 10.2. The molecule has 2 aromatic rings. The van der Waals surface area contributed by atoms with Gasteiger partial charge in [0.1, 0.15) is 0 Å². The molecule has 0 saturated carbocycles. The largest absolute Gasteiger partial charge is 0.309 e. The highest BCUT2D eigenvalue weighted by Gasteiger charge is 2.34. The number of aromatic amines is 1. The third-order valence-electron chi connectivity index (χ3n) is 4.10. The minimum Gasteiger partial charge on any atom is -0.309 e. The smallest absolute Gasteiger partial charge is 0.243 e. The Balaban J connectivity index is 1.86. The van der Waals surface area contributed by atoms with Crippen molar-refractivity contribution in [2.45, 2.75) is 38.8 Å². The van der Waals surface area contributed by atoms with Gasteiger partial charge in [0, 0.05) is 18.0 Å². The van der Waals surface area contributed by atoms with Crippen LogP contribution >= 0.6 is 0 Å². The Morgan fingerprint density at radius 1 is 1.29 bits per heavy atom. The van der Waals surface area contributed by atoms with Crippen LogP contribution in [0.1, 0.15) is 30.7 Å². The summed E-state index contributed by atoms with van der Waals surface area (Å²) in [6.07, 6.45) is 0. The molecule has 0 aliphatic carbocycles. The number of hydrogen-bond donors (Lipinski definition) is 2. The summed E-state index contributed by atoms with van der Waals surface area (Å²) in [5.74, 6) is 0.0845. The lowest BCUT2D eigenvalue weighted by molar-refractivity contribution is -0.118. The Bertz CT molecular complexity index is 886. The van der Waals surface area contributed by atoms with Crippen molar-refractivity contribution in [2.24, 2.45) is 5.92 Å². The maximum atomic E-state index is 12.9. The van der Waals surface area contributed by atoms with Gasteiger partial charge in [0.05, 0.1) is 17.1 Å². The number of anilines is 1. The maximum absolute atomic E-state index is 12.9. The second-order valence-electron chi connectivity index (χ2n) is 6.21. The van der Waals surface area contributed by atoms with E-state index in [2.05, 4.69) is 15.5 Å². The van der Waals surface area contributed by atoms with Crippen molar-refractivity contribution in [2.75, 3.05) is 5.32 Å². The van der Waals surface area contributed by atoms with Crippen molar-refractivity contribution in [1.29, 1.82) is 0 Å². The van der Waals surface area contributed by atoms with E-state index in [0.29, 0.717) is 22.0 Å². The molecule has 1 aliphatic rings. The number of benzene rings is 1. The average molecular weight is 348 g/mol. The van der Waals surface area contributed by atoms with E-state index in [4.69, 9.17) is 0 Å². The molecular weight excluding hydrogens is 328 g/mol. The highest BCUT2D eigenvalue weighted by atomic mass is 32.2. The van der Waals surface area contributed by atoms with Gasteiger partial charge in [-0.25, -0.2) is 8.42 Å². The molecule has 0 bridgehead atoms. The van der Waals surface area contributed by atoms with E-state index < -0.39 is 10.0 Å². The first kappa shape index (κ1) is 16.7. The molecule has 1 amide bonds. The quantitative estimate of drug-likeness (QED) is 0.883. The van der Waals surface area contributed by atoms with Crippen molar-refractivity contribution in [3.8, 4) is 0 Å². The predicted octanol–water partition coefficient (Wildman–Crippen LogP) is 2.02. The molecule has 0 radical (unpaired) electrons. The van der Waals surface area contributed by atoms with E-state index in [0.717, 1.165) is 5.56 Å². The number of H-pyrrole nitrogens is 1. The number of carbonyl (C=O) groups excluding carboxylic acids is 1. The maximum Gasteiger partial charge on any atom is 0.243 e. The zero-order chi connectivity index (χ0) is 17.5. The van der Waals surface area contributed by atoms with Gasteiger partial charge < -0.3 is 5.32 Å². The molecule has 0 unspecified atom stereocenters. The van der Waals surface area contributed by atoms with E-state index >= 15 is 0 Å². The van der Waals surface area contributed by atoms with Crippen molar-refractivity contribution in [3.05, 3.63) is 41.1 Å². The number of aromatic nitrogens is 2. The van der Waals surface area contributed by atoms with Gasteiger partial charge in [-0.2, -0.15) is 9.40 Å². The standard InChI is InChI=1S/C16H20N4O3S/c1-10(2)16(21)17-15-12-8-20(9-13(12)18-19-15)24(22,23)14-7-5-4-6-11(14)3/h4-7,10H,8-9H2,1-3H3,(H2,17,18,19,21). The molecule has 128 valence electrons. The van der Waals surface area contributed by atoms with Gasteiger partial charge in [0.15, 0.2) is 5.82 Å². The van der Waals surface area contributed by atoms with Crippen LogP contribution in [0.15, 0.2) is 29.2 Å². The third kappa shape index (κ3) is 2.83. The first-order valence-corrected chi connectivity index (χ1v) is 9.17. The summed E-state index contributed by atoms with van der Waals surface area (Å²) >= 11 is 0. The van der Waals surface area contributed by atoms with Crippen LogP contribution in [-0.2, 0) is 27.9 Å². The van der Waals surface area contributed by atoms with E-state index in [1.165, 1.54) is 4.31 Å². The van der Waals surface area contributed by atoms with Crippen LogP contribution in [0.3, 0.4) is 0 Å². The Labute approximate surface area is 141 Å². The topological polar surface area (TPSA) is 95.2 Å². The number of nitrogens with one attached hydrogen (secondary N) is 2. The van der Waals surface area contributed by atoms with Crippen LogP contribution in [0.2, 0.25) is 0 Å².